The second-order valence-electron chi connectivity index (χ2n) is 4.72. The highest BCUT2D eigenvalue weighted by Crippen LogP contribution is 2.18. The molecule has 1 aliphatic rings. The van der Waals surface area contributed by atoms with Gasteiger partial charge in [-0.05, 0) is 43.3 Å². The van der Waals surface area contributed by atoms with Crippen molar-refractivity contribution in [2.45, 2.75) is 38.8 Å². The van der Waals surface area contributed by atoms with E-state index in [1.165, 1.54) is 16.9 Å². The minimum atomic E-state index is 0. The Labute approximate surface area is 119 Å². The van der Waals surface area contributed by atoms with Crippen LogP contribution in [0.2, 0.25) is 0 Å². The van der Waals surface area contributed by atoms with E-state index in [4.69, 9.17) is 0 Å². The van der Waals surface area contributed by atoms with Crippen LogP contribution in [0.3, 0.4) is 0 Å². The average molecular weight is 289 g/mol. The van der Waals surface area contributed by atoms with Crippen molar-refractivity contribution in [3.8, 4) is 0 Å². The quantitative estimate of drug-likeness (QED) is 0.927. The van der Waals surface area contributed by atoms with Gasteiger partial charge in [0.15, 0.2) is 0 Å². The van der Waals surface area contributed by atoms with Crippen molar-refractivity contribution in [3.63, 3.8) is 0 Å². The lowest BCUT2D eigenvalue weighted by atomic mass is 10.0. The first kappa shape index (κ1) is 15.5. The molecule has 0 bridgehead atoms. The largest absolute Gasteiger partial charge is 0.339 e. The Hall–Kier alpha value is -0.580. The fourth-order valence-electron chi connectivity index (χ4n) is 2.19. The molecular weight excluding hydrogens is 268 g/mol. The highest BCUT2D eigenvalue weighted by atomic mass is 35.5. The van der Waals surface area contributed by atoms with Gasteiger partial charge in [0.25, 0.3) is 0 Å². The van der Waals surface area contributed by atoms with Crippen LogP contribution in [0, 0.1) is 6.92 Å². The summed E-state index contributed by atoms with van der Waals surface area (Å²) in [6, 6.07) is 2.14. The lowest BCUT2D eigenvalue weighted by molar-refractivity contribution is -0.133. The molecular formula is C13H21ClN2OS. The summed E-state index contributed by atoms with van der Waals surface area (Å²) >= 11 is 1.73. The molecule has 2 rings (SSSR count). The number of nitrogens with zero attached hydrogens (tertiary/aromatic N) is 1. The molecule has 1 aromatic heterocycles. The molecule has 102 valence electrons. The number of hydrogen-bond acceptors (Lipinski definition) is 3. The molecule has 0 radical (unpaired) electrons. The van der Waals surface area contributed by atoms with Gasteiger partial charge in [-0.1, -0.05) is 6.42 Å². The van der Waals surface area contributed by atoms with E-state index in [0.29, 0.717) is 0 Å². The zero-order valence-corrected chi connectivity index (χ0v) is 12.6. The van der Waals surface area contributed by atoms with Crippen LogP contribution in [-0.4, -0.2) is 30.4 Å². The van der Waals surface area contributed by atoms with Crippen LogP contribution in [0.4, 0.5) is 0 Å². The number of aryl methyl sites for hydroxylation is 1. The van der Waals surface area contributed by atoms with Crippen molar-refractivity contribution in [1.29, 1.82) is 0 Å². The summed E-state index contributed by atoms with van der Waals surface area (Å²) in [4.78, 5) is 15.3. The summed E-state index contributed by atoms with van der Waals surface area (Å²) < 4.78 is 0. The number of carbonyl (C=O) groups excluding carboxylic acids is 1. The normalized spacial score (nSPS) is 19.1. The molecule has 5 heteroatoms. The number of likely N-dealkylation sites (N-methyl/N-ethyl adjacent to an activating group) is 1. The van der Waals surface area contributed by atoms with Crippen LogP contribution < -0.4 is 5.32 Å². The van der Waals surface area contributed by atoms with Crippen LogP contribution in [0.25, 0.3) is 0 Å². The maximum Gasteiger partial charge on any atom is 0.239 e. The van der Waals surface area contributed by atoms with E-state index >= 15 is 0 Å². The predicted molar refractivity (Wildman–Crippen MR) is 78.4 cm³/mol. The lowest BCUT2D eigenvalue weighted by Crippen LogP contribution is -2.46. The number of hydrogen-bond donors (Lipinski definition) is 1. The summed E-state index contributed by atoms with van der Waals surface area (Å²) in [5.41, 5.74) is 1.28. The molecule has 18 heavy (non-hydrogen) atoms. The van der Waals surface area contributed by atoms with Gasteiger partial charge in [0.1, 0.15) is 0 Å². The van der Waals surface area contributed by atoms with Crippen molar-refractivity contribution >= 4 is 29.7 Å². The Morgan fingerprint density at radius 3 is 2.89 bits per heavy atom. The maximum atomic E-state index is 12.2. The molecule has 3 nitrogen and oxygen atoms in total. The number of nitrogens with one attached hydrogen (secondary N) is 1. The summed E-state index contributed by atoms with van der Waals surface area (Å²) in [5, 5.41) is 5.39. The van der Waals surface area contributed by atoms with Crippen molar-refractivity contribution < 1.29 is 4.79 Å². The summed E-state index contributed by atoms with van der Waals surface area (Å²) in [7, 11) is 1.90. The summed E-state index contributed by atoms with van der Waals surface area (Å²) in [6.07, 6.45) is 3.33. The van der Waals surface area contributed by atoms with Crippen LogP contribution in [-0.2, 0) is 11.3 Å². The van der Waals surface area contributed by atoms with Gasteiger partial charge in [-0.2, -0.15) is 0 Å². The van der Waals surface area contributed by atoms with Gasteiger partial charge in [-0.15, -0.1) is 23.7 Å². The summed E-state index contributed by atoms with van der Waals surface area (Å²) in [6.45, 7) is 3.81. The maximum absolute atomic E-state index is 12.2. The third-order valence-electron chi connectivity index (χ3n) is 3.33. The van der Waals surface area contributed by atoms with E-state index in [-0.39, 0.29) is 24.4 Å². The predicted octanol–water partition coefficient (Wildman–Crippen LogP) is 2.58. The fourth-order valence-corrected chi connectivity index (χ4v) is 3.15. The zero-order chi connectivity index (χ0) is 12.3. The molecule has 2 heterocycles. The zero-order valence-electron chi connectivity index (χ0n) is 10.9. The molecule has 1 aromatic rings. The number of halogens is 1. The Morgan fingerprint density at radius 2 is 2.33 bits per heavy atom. The Kier molecular flexibility index (Phi) is 6.12. The molecule has 1 amide bonds. The van der Waals surface area contributed by atoms with Gasteiger partial charge < -0.3 is 10.2 Å². The second-order valence-corrected chi connectivity index (χ2v) is 5.72. The molecule has 1 saturated heterocycles. The third kappa shape index (κ3) is 3.70. The second kappa shape index (κ2) is 7.12. The van der Waals surface area contributed by atoms with Crippen molar-refractivity contribution in [1.82, 2.24) is 10.2 Å². The molecule has 1 fully saturated rings. The first-order valence-corrected chi connectivity index (χ1v) is 7.08. The van der Waals surface area contributed by atoms with Crippen LogP contribution in [0.1, 0.15) is 29.7 Å². The molecule has 1 atom stereocenters. The van der Waals surface area contributed by atoms with E-state index in [1.807, 2.05) is 11.9 Å². The Bertz CT molecular complexity index is 388. The molecule has 1 aliphatic heterocycles. The molecule has 0 saturated carbocycles. The van der Waals surface area contributed by atoms with Crippen LogP contribution in [0.5, 0.6) is 0 Å². The Morgan fingerprint density at radius 1 is 1.56 bits per heavy atom. The van der Waals surface area contributed by atoms with E-state index in [9.17, 15) is 4.79 Å². The number of rotatable bonds is 3. The van der Waals surface area contributed by atoms with Gasteiger partial charge in [0, 0.05) is 11.9 Å². The van der Waals surface area contributed by atoms with E-state index in [1.54, 1.807) is 11.3 Å². The molecule has 0 aromatic carbocycles. The monoisotopic (exact) mass is 288 g/mol. The molecule has 0 aliphatic carbocycles. The molecule has 0 unspecified atom stereocenters. The topological polar surface area (TPSA) is 32.3 Å². The van der Waals surface area contributed by atoms with Gasteiger partial charge in [0.05, 0.1) is 12.6 Å². The SMILES string of the molecule is Cc1ccsc1CN(C)C(=O)[C@@H]1CCCCN1.Cl. The van der Waals surface area contributed by atoms with Crippen molar-refractivity contribution in [3.05, 3.63) is 21.9 Å². The molecule has 1 N–H and O–H groups in total. The van der Waals surface area contributed by atoms with Crippen molar-refractivity contribution in [2.24, 2.45) is 0 Å². The van der Waals surface area contributed by atoms with Gasteiger partial charge >= 0.3 is 0 Å². The fraction of sp³-hybridized carbons (Fsp3) is 0.615. The first-order valence-electron chi connectivity index (χ1n) is 6.20. The third-order valence-corrected chi connectivity index (χ3v) is 4.34. The van der Waals surface area contributed by atoms with Gasteiger partial charge in [0.2, 0.25) is 5.91 Å². The van der Waals surface area contributed by atoms with Crippen LogP contribution in [0.15, 0.2) is 11.4 Å². The van der Waals surface area contributed by atoms with E-state index in [0.717, 1.165) is 25.9 Å². The highest BCUT2D eigenvalue weighted by Gasteiger charge is 2.23. The number of amides is 1. The lowest BCUT2D eigenvalue weighted by Gasteiger charge is -2.27. The van der Waals surface area contributed by atoms with Gasteiger partial charge in [-0.3, -0.25) is 4.79 Å². The number of thiophene rings is 1. The van der Waals surface area contributed by atoms with Crippen LogP contribution >= 0.6 is 23.7 Å². The minimum Gasteiger partial charge on any atom is -0.339 e. The molecule has 0 spiro atoms. The Balaban J connectivity index is 0.00000162. The standard InChI is InChI=1S/C13H20N2OS.ClH/c1-10-6-8-17-12(10)9-15(2)13(16)11-5-3-4-7-14-11;/h6,8,11,14H,3-5,7,9H2,1-2H3;1H/t11-;/m0./s1. The van der Waals surface area contributed by atoms with Gasteiger partial charge in [-0.25, -0.2) is 0 Å². The van der Waals surface area contributed by atoms with E-state index in [2.05, 4.69) is 23.7 Å². The number of carbonyl (C=O) groups is 1. The first-order chi connectivity index (χ1) is 8.18. The highest BCUT2D eigenvalue weighted by molar-refractivity contribution is 7.10. The van der Waals surface area contributed by atoms with E-state index < -0.39 is 0 Å². The number of piperidine rings is 1. The average Bonchev–Trinajstić information content (AvgIpc) is 2.75. The van der Waals surface area contributed by atoms with Crippen molar-refractivity contribution in [2.75, 3.05) is 13.6 Å². The smallest absolute Gasteiger partial charge is 0.239 e. The summed E-state index contributed by atoms with van der Waals surface area (Å²) in [5.74, 6) is 0.234. The minimum absolute atomic E-state index is 0.